The van der Waals surface area contributed by atoms with Crippen molar-refractivity contribution >= 4 is 11.8 Å². The van der Waals surface area contributed by atoms with Crippen molar-refractivity contribution in [2.24, 2.45) is 0 Å². The van der Waals surface area contributed by atoms with E-state index in [-0.39, 0.29) is 25.3 Å². The van der Waals surface area contributed by atoms with Crippen LogP contribution in [0.5, 0.6) is 0 Å². The zero-order valence-electron chi connectivity index (χ0n) is 9.10. The molecule has 1 atom stereocenters. The number of fused-ring (bicyclic) bond motifs is 1. The molecule has 1 aliphatic rings. The number of hydrogen-bond donors (Lipinski definition) is 3. The lowest BCUT2D eigenvalue weighted by molar-refractivity contribution is 0.164. The first kappa shape index (κ1) is 11.9. The zero-order chi connectivity index (χ0) is 11.4. The molecule has 1 aromatic rings. The molecule has 0 aliphatic carbocycles. The van der Waals surface area contributed by atoms with Crippen molar-refractivity contribution in [3.05, 3.63) is 35.4 Å². The van der Waals surface area contributed by atoms with Crippen molar-refractivity contribution in [1.29, 1.82) is 0 Å². The molecule has 0 aromatic heterocycles. The van der Waals surface area contributed by atoms with Crippen LogP contribution >= 0.6 is 11.8 Å². The van der Waals surface area contributed by atoms with E-state index >= 15 is 0 Å². The van der Waals surface area contributed by atoms with E-state index in [0.29, 0.717) is 0 Å². The Morgan fingerprint density at radius 1 is 1.31 bits per heavy atom. The molecule has 88 valence electrons. The Labute approximate surface area is 99.9 Å². The maximum Gasteiger partial charge on any atom is 0.0607 e. The van der Waals surface area contributed by atoms with Crippen LogP contribution in [0.4, 0.5) is 0 Å². The first-order valence-electron chi connectivity index (χ1n) is 5.48. The van der Waals surface area contributed by atoms with Crippen LogP contribution in [0.15, 0.2) is 24.3 Å². The van der Waals surface area contributed by atoms with Crippen LogP contribution in [0.3, 0.4) is 0 Å². The van der Waals surface area contributed by atoms with Crippen molar-refractivity contribution in [3.63, 3.8) is 0 Å². The molecule has 2 rings (SSSR count). The van der Waals surface area contributed by atoms with Gasteiger partial charge >= 0.3 is 0 Å². The number of nitrogens with one attached hydrogen (secondary N) is 1. The molecule has 0 fully saturated rings. The molecular weight excluding hydrogens is 222 g/mol. The summed E-state index contributed by atoms with van der Waals surface area (Å²) in [4.78, 5) is 0. The Morgan fingerprint density at radius 3 is 2.81 bits per heavy atom. The second kappa shape index (κ2) is 5.68. The number of hydrogen-bond acceptors (Lipinski definition) is 4. The second-order valence-electron chi connectivity index (χ2n) is 4.00. The smallest absolute Gasteiger partial charge is 0.0607 e. The minimum Gasteiger partial charge on any atom is -0.395 e. The first-order chi connectivity index (χ1) is 7.85. The second-order valence-corrected chi connectivity index (χ2v) is 5.03. The molecule has 0 radical (unpaired) electrons. The van der Waals surface area contributed by atoms with E-state index in [1.165, 1.54) is 11.1 Å². The van der Waals surface area contributed by atoms with Crippen LogP contribution < -0.4 is 5.32 Å². The molecule has 1 heterocycles. The van der Waals surface area contributed by atoms with Gasteiger partial charge in [-0.3, -0.25) is 0 Å². The van der Waals surface area contributed by atoms with Crippen LogP contribution in [0, 0.1) is 0 Å². The summed E-state index contributed by atoms with van der Waals surface area (Å²) in [5.41, 5.74) is 2.65. The molecule has 4 heteroatoms. The lowest BCUT2D eigenvalue weighted by atomic mass is 10.0. The third-order valence-electron chi connectivity index (χ3n) is 2.85. The number of aliphatic hydroxyl groups is 2. The fourth-order valence-electron chi connectivity index (χ4n) is 1.97. The Balaban J connectivity index is 2.12. The van der Waals surface area contributed by atoms with Gasteiger partial charge in [-0.15, -0.1) is 0 Å². The molecule has 0 saturated heterocycles. The minimum atomic E-state index is -0.225. The van der Waals surface area contributed by atoms with Crippen LogP contribution in [0.1, 0.15) is 17.2 Å². The van der Waals surface area contributed by atoms with Gasteiger partial charge in [0, 0.05) is 17.5 Å². The average Bonchev–Trinajstić information content (AvgIpc) is 2.36. The van der Waals surface area contributed by atoms with Crippen molar-refractivity contribution in [2.45, 2.75) is 17.8 Å². The van der Waals surface area contributed by atoms with Crippen LogP contribution in [0.25, 0.3) is 0 Å². The van der Waals surface area contributed by atoms with Gasteiger partial charge in [0.15, 0.2) is 0 Å². The highest BCUT2D eigenvalue weighted by Gasteiger charge is 2.22. The third-order valence-corrected chi connectivity index (χ3v) is 3.93. The quantitative estimate of drug-likeness (QED) is 0.731. The first-order valence-corrected chi connectivity index (χ1v) is 6.64. The van der Waals surface area contributed by atoms with Crippen LogP contribution in [0.2, 0.25) is 0 Å². The summed E-state index contributed by atoms with van der Waals surface area (Å²) in [6.45, 7) is -0.0559. The van der Waals surface area contributed by atoms with E-state index < -0.39 is 0 Å². The number of rotatable bonds is 4. The summed E-state index contributed by atoms with van der Waals surface area (Å²) in [6, 6.07) is 8.37. The maximum atomic E-state index is 9.08. The zero-order valence-corrected chi connectivity index (χ0v) is 9.91. The summed E-state index contributed by atoms with van der Waals surface area (Å²) >= 11 is 1.88. The summed E-state index contributed by atoms with van der Waals surface area (Å²) in [7, 11) is 0. The van der Waals surface area contributed by atoms with Gasteiger partial charge in [-0.1, -0.05) is 24.3 Å². The predicted molar refractivity (Wildman–Crippen MR) is 66.4 cm³/mol. The van der Waals surface area contributed by atoms with E-state index in [4.69, 9.17) is 10.2 Å². The summed E-state index contributed by atoms with van der Waals surface area (Å²) in [5, 5.41) is 21.4. The topological polar surface area (TPSA) is 52.5 Å². The Hall–Kier alpha value is -0.550. The number of thioether (sulfide) groups is 1. The van der Waals surface area contributed by atoms with Crippen molar-refractivity contribution in [2.75, 3.05) is 19.0 Å². The van der Waals surface area contributed by atoms with Crippen molar-refractivity contribution in [3.8, 4) is 0 Å². The number of benzene rings is 1. The van der Waals surface area contributed by atoms with Gasteiger partial charge in [0.1, 0.15) is 0 Å². The highest BCUT2D eigenvalue weighted by Crippen LogP contribution is 2.31. The Morgan fingerprint density at radius 2 is 2.06 bits per heavy atom. The monoisotopic (exact) mass is 239 g/mol. The normalized spacial score (nSPS) is 19.8. The van der Waals surface area contributed by atoms with Crippen molar-refractivity contribution < 1.29 is 10.2 Å². The fourth-order valence-corrected chi connectivity index (χ4v) is 3.08. The lowest BCUT2D eigenvalue weighted by Gasteiger charge is -2.29. The lowest BCUT2D eigenvalue weighted by Crippen LogP contribution is -2.40. The summed E-state index contributed by atoms with van der Waals surface area (Å²) < 4.78 is 0. The van der Waals surface area contributed by atoms with E-state index in [2.05, 4.69) is 23.5 Å². The molecule has 1 aromatic carbocycles. The highest BCUT2D eigenvalue weighted by atomic mass is 32.2. The van der Waals surface area contributed by atoms with Gasteiger partial charge in [0.25, 0.3) is 0 Å². The Kier molecular flexibility index (Phi) is 4.23. The van der Waals surface area contributed by atoms with E-state index in [9.17, 15) is 0 Å². The fraction of sp³-hybridized carbons (Fsp3) is 0.500. The molecule has 0 spiro atoms. The van der Waals surface area contributed by atoms with Gasteiger partial charge in [0.2, 0.25) is 0 Å². The van der Waals surface area contributed by atoms with Gasteiger partial charge < -0.3 is 15.5 Å². The van der Waals surface area contributed by atoms with Gasteiger partial charge in [-0.25, -0.2) is 0 Å². The van der Waals surface area contributed by atoms with E-state index in [1.54, 1.807) is 0 Å². The molecule has 3 N–H and O–H groups in total. The van der Waals surface area contributed by atoms with Gasteiger partial charge in [-0.2, -0.15) is 11.8 Å². The molecule has 1 unspecified atom stereocenters. The molecule has 0 saturated carbocycles. The summed E-state index contributed by atoms with van der Waals surface area (Å²) in [6.07, 6.45) is 0. The molecule has 3 nitrogen and oxygen atoms in total. The van der Waals surface area contributed by atoms with Crippen LogP contribution in [-0.2, 0) is 5.75 Å². The average molecular weight is 239 g/mol. The van der Waals surface area contributed by atoms with Gasteiger partial charge in [0.05, 0.1) is 19.3 Å². The summed E-state index contributed by atoms with van der Waals surface area (Å²) in [5.74, 6) is 2.05. The van der Waals surface area contributed by atoms with Crippen LogP contribution in [-0.4, -0.2) is 35.2 Å². The van der Waals surface area contributed by atoms with E-state index in [1.807, 2.05) is 17.8 Å². The highest BCUT2D eigenvalue weighted by molar-refractivity contribution is 7.98. The standard InChI is InChI=1S/C12H17NO2S/c14-5-10(6-15)13-12-8-16-7-9-3-1-2-4-11(9)12/h1-4,10,12-15H,5-8H2. The molecule has 0 amide bonds. The largest absolute Gasteiger partial charge is 0.395 e. The molecule has 16 heavy (non-hydrogen) atoms. The SMILES string of the molecule is OCC(CO)NC1CSCc2ccccc21. The predicted octanol–water partition coefficient (Wildman–Crippen LogP) is 0.917. The minimum absolute atomic E-state index is 0.0279. The molecule has 1 aliphatic heterocycles. The Bertz CT molecular complexity index is 342. The van der Waals surface area contributed by atoms with Gasteiger partial charge in [-0.05, 0) is 11.1 Å². The third kappa shape index (κ3) is 2.58. The molecule has 0 bridgehead atoms. The maximum absolute atomic E-state index is 9.08. The number of aliphatic hydroxyl groups excluding tert-OH is 2. The van der Waals surface area contributed by atoms with Crippen molar-refractivity contribution in [1.82, 2.24) is 5.32 Å². The van der Waals surface area contributed by atoms with E-state index in [0.717, 1.165) is 11.5 Å². The molecular formula is C12H17NO2S.